The number of hydrogen-bond acceptors (Lipinski definition) is 6. The van der Waals surface area contributed by atoms with E-state index in [0.29, 0.717) is 62.2 Å². The van der Waals surface area contributed by atoms with Crippen LogP contribution >= 0.6 is 47.2 Å². The van der Waals surface area contributed by atoms with Crippen molar-refractivity contribution in [3.63, 3.8) is 0 Å². The van der Waals surface area contributed by atoms with E-state index in [4.69, 9.17) is 39.8 Å². The summed E-state index contributed by atoms with van der Waals surface area (Å²) in [5.41, 5.74) is 0.669. The molecule has 3 rings (SSSR count). The maximum Gasteiger partial charge on any atom is 0.266 e. The van der Waals surface area contributed by atoms with Gasteiger partial charge in [-0.1, -0.05) is 53.6 Å². The number of unbranched alkanes of at least 4 members (excludes halogenated alkanes) is 2. The number of carboxylic acid groups (broad SMARTS) is 1. The van der Waals surface area contributed by atoms with Crippen LogP contribution in [0.5, 0.6) is 0 Å². The van der Waals surface area contributed by atoms with Crippen LogP contribution in [0.25, 0.3) is 17.4 Å². The first-order valence-electron chi connectivity index (χ1n) is 8.85. The molecule has 1 aromatic heterocycles. The summed E-state index contributed by atoms with van der Waals surface area (Å²) >= 11 is 18.8. The maximum atomic E-state index is 12.6. The zero-order chi connectivity index (χ0) is 21.0. The fourth-order valence-electron chi connectivity index (χ4n) is 2.80. The SMILES string of the molecule is O=C([O-])CCCCCN1C(=O)/C(=C\c2ccc(-c3cc(Cl)ccc3Cl)o2)SC1=S. The lowest BCUT2D eigenvalue weighted by Crippen LogP contribution is -2.29. The average Bonchev–Trinajstić information content (AvgIpc) is 3.23. The highest BCUT2D eigenvalue weighted by Crippen LogP contribution is 2.35. The van der Waals surface area contributed by atoms with Gasteiger partial charge in [-0.05, 0) is 49.6 Å². The van der Waals surface area contributed by atoms with Gasteiger partial charge >= 0.3 is 0 Å². The molecule has 0 aliphatic carbocycles. The molecule has 1 fully saturated rings. The summed E-state index contributed by atoms with van der Waals surface area (Å²) in [5.74, 6) is -0.188. The van der Waals surface area contributed by atoms with Crippen LogP contribution in [0.2, 0.25) is 10.0 Å². The van der Waals surface area contributed by atoms with Crippen LogP contribution < -0.4 is 5.11 Å². The first kappa shape index (κ1) is 21.9. The van der Waals surface area contributed by atoms with Gasteiger partial charge in [0.1, 0.15) is 15.8 Å². The minimum absolute atomic E-state index is 0.0236. The second-order valence-corrected chi connectivity index (χ2v) is 8.86. The highest BCUT2D eigenvalue weighted by Gasteiger charge is 2.31. The summed E-state index contributed by atoms with van der Waals surface area (Å²) in [4.78, 5) is 25.1. The molecular weight excluding hydrogens is 453 g/mol. The Morgan fingerprint density at radius 1 is 1.21 bits per heavy atom. The van der Waals surface area contributed by atoms with Gasteiger partial charge in [-0.2, -0.15) is 0 Å². The van der Waals surface area contributed by atoms with E-state index in [-0.39, 0.29) is 12.3 Å². The van der Waals surface area contributed by atoms with Gasteiger partial charge < -0.3 is 14.3 Å². The number of amides is 1. The van der Waals surface area contributed by atoms with Gasteiger partial charge in [0, 0.05) is 29.2 Å². The Hall–Kier alpha value is -1.80. The van der Waals surface area contributed by atoms with Crippen LogP contribution in [-0.4, -0.2) is 27.6 Å². The first-order valence-corrected chi connectivity index (χ1v) is 10.8. The lowest BCUT2D eigenvalue weighted by Gasteiger charge is -2.14. The van der Waals surface area contributed by atoms with Gasteiger partial charge in [-0.25, -0.2) is 0 Å². The number of thiocarbonyl (C=S) groups is 1. The molecule has 1 aliphatic rings. The smallest absolute Gasteiger partial charge is 0.266 e. The van der Waals surface area contributed by atoms with Crippen molar-refractivity contribution >= 4 is 69.5 Å². The van der Waals surface area contributed by atoms with Gasteiger partial charge in [0.15, 0.2) is 0 Å². The van der Waals surface area contributed by atoms with Gasteiger partial charge in [0.25, 0.3) is 5.91 Å². The molecule has 0 saturated carbocycles. The third-order valence-corrected chi connectivity index (χ3v) is 6.17. The van der Waals surface area contributed by atoms with Gasteiger partial charge in [0.2, 0.25) is 0 Å². The molecule has 0 unspecified atom stereocenters. The monoisotopic (exact) mass is 468 g/mol. The molecule has 5 nitrogen and oxygen atoms in total. The van der Waals surface area contributed by atoms with Crippen molar-refractivity contribution in [3.05, 3.63) is 51.0 Å². The van der Waals surface area contributed by atoms with E-state index in [1.807, 2.05) is 0 Å². The van der Waals surface area contributed by atoms with Crippen molar-refractivity contribution in [2.45, 2.75) is 25.7 Å². The molecule has 1 aliphatic heterocycles. The normalized spacial score (nSPS) is 15.5. The second kappa shape index (κ2) is 9.80. The fourth-order valence-corrected chi connectivity index (χ4v) is 4.47. The highest BCUT2D eigenvalue weighted by molar-refractivity contribution is 8.26. The summed E-state index contributed by atoms with van der Waals surface area (Å²) in [6.45, 7) is 0.455. The number of nitrogens with zero attached hydrogens (tertiary/aromatic N) is 1. The van der Waals surface area contributed by atoms with E-state index in [1.54, 1.807) is 36.4 Å². The van der Waals surface area contributed by atoms with E-state index in [2.05, 4.69) is 0 Å². The maximum absolute atomic E-state index is 12.6. The number of hydrogen-bond donors (Lipinski definition) is 0. The average molecular weight is 469 g/mol. The summed E-state index contributed by atoms with van der Waals surface area (Å²) in [6, 6.07) is 8.62. The summed E-state index contributed by atoms with van der Waals surface area (Å²) in [6.07, 6.45) is 3.55. The molecule has 1 aromatic carbocycles. The predicted octanol–water partition coefficient (Wildman–Crippen LogP) is 4.76. The van der Waals surface area contributed by atoms with E-state index in [9.17, 15) is 14.7 Å². The second-order valence-electron chi connectivity index (χ2n) is 6.34. The molecule has 0 atom stereocenters. The molecule has 0 spiro atoms. The van der Waals surface area contributed by atoms with Gasteiger partial charge in [0.05, 0.1) is 9.93 Å². The van der Waals surface area contributed by atoms with Crippen LogP contribution in [0.3, 0.4) is 0 Å². The fraction of sp³-hybridized carbons (Fsp3) is 0.250. The Morgan fingerprint density at radius 2 is 2.00 bits per heavy atom. The minimum Gasteiger partial charge on any atom is -0.550 e. The largest absolute Gasteiger partial charge is 0.550 e. The zero-order valence-corrected chi connectivity index (χ0v) is 18.3. The van der Waals surface area contributed by atoms with Crippen molar-refractivity contribution in [3.8, 4) is 11.3 Å². The quantitative estimate of drug-likeness (QED) is 0.315. The number of benzene rings is 1. The third kappa shape index (κ3) is 5.63. The predicted molar refractivity (Wildman–Crippen MR) is 118 cm³/mol. The van der Waals surface area contributed by atoms with E-state index in [0.717, 1.165) is 0 Å². The summed E-state index contributed by atoms with van der Waals surface area (Å²) in [7, 11) is 0. The molecule has 0 bridgehead atoms. The van der Waals surface area contributed by atoms with E-state index < -0.39 is 5.97 Å². The van der Waals surface area contributed by atoms with Crippen LogP contribution in [-0.2, 0) is 9.59 Å². The minimum atomic E-state index is -1.06. The lowest BCUT2D eigenvalue weighted by molar-refractivity contribution is -0.305. The Balaban J connectivity index is 1.66. The number of aliphatic carboxylic acids is 1. The van der Waals surface area contributed by atoms with Crippen molar-refractivity contribution in [1.82, 2.24) is 4.90 Å². The Labute approximate surface area is 187 Å². The Morgan fingerprint density at radius 3 is 2.76 bits per heavy atom. The zero-order valence-electron chi connectivity index (χ0n) is 15.2. The van der Waals surface area contributed by atoms with Crippen molar-refractivity contribution in [2.75, 3.05) is 6.54 Å². The molecule has 0 radical (unpaired) electrons. The first-order chi connectivity index (χ1) is 13.8. The molecule has 2 aromatic rings. The number of carbonyl (C=O) groups is 2. The summed E-state index contributed by atoms with van der Waals surface area (Å²) in [5, 5.41) is 11.5. The van der Waals surface area contributed by atoms with Crippen LogP contribution in [0, 0.1) is 0 Å². The number of carbonyl (C=O) groups excluding carboxylic acids is 2. The standard InChI is InChI=1S/C20H17Cl2NO4S2/c21-12-5-7-15(22)14(10-12)16-8-6-13(27-16)11-17-19(26)23(20(28)29-17)9-3-1-2-4-18(24)25/h5-8,10-11H,1-4,9H2,(H,24,25)/p-1/b17-11+. The van der Waals surface area contributed by atoms with Gasteiger partial charge in [-0.3, -0.25) is 9.69 Å². The third-order valence-electron chi connectivity index (χ3n) is 4.23. The van der Waals surface area contributed by atoms with Crippen molar-refractivity contribution in [1.29, 1.82) is 0 Å². The Bertz CT molecular complexity index is 987. The number of rotatable bonds is 8. The molecule has 152 valence electrons. The molecule has 29 heavy (non-hydrogen) atoms. The molecule has 9 heteroatoms. The van der Waals surface area contributed by atoms with E-state index in [1.165, 1.54) is 16.7 Å². The van der Waals surface area contributed by atoms with E-state index >= 15 is 0 Å². The topological polar surface area (TPSA) is 73.6 Å². The molecular formula is C20H16Cl2NO4S2-. The number of halogens is 2. The Kier molecular flexibility index (Phi) is 7.40. The summed E-state index contributed by atoms with van der Waals surface area (Å²) < 4.78 is 6.29. The lowest BCUT2D eigenvalue weighted by atomic mass is 10.2. The van der Waals surface area contributed by atoms with Gasteiger partial charge in [-0.15, -0.1) is 0 Å². The van der Waals surface area contributed by atoms with Crippen LogP contribution in [0.1, 0.15) is 31.4 Å². The molecule has 1 amide bonds. The highest BCUT2D eigenvalue weighted by atomic mass is 35.5. The number of carboxylic acids is 1. The number of thioether (sulfide) groups is 1. The van der Waals surface area contributed by atoms with Crippen molar-refractivity contribution in [2.24, 2.45) is 0 Å². The van der Waals surface area contributed by atoms with Crippen LogP contribution in [0.4, 0.5) is 0 Å². The number of furan rings is 1. The molecule has 1 saturated heterocycles. The molecule has 0 N–H and O–H groups in total. The van der Waals surface area contributed by atoms with Crippen LogP contribution in [0.15, 0.2) is 39.7 Å². The van der Waals surface area contributed by atoms with Crippen molar-refractivity contribution < 1.29 is 19.1 Å². The molecule has 2 heterocycles.